The van der Waals surface area contributed by atoms with E-state index in [1.807, 2.05) is 27.1 Å². The average Bonchev–Trinajstić information content (AvgIpc) is 2.14. The Bertz CT molecular complexity index is 236. The molecule has 2 heteroatoms. The van der Waals surface area contributed by atoms with Crippen LogP contribution in [0.1, 0.15) is 54.4 Å². The van der Waals surface area contributed by atoms with E-state index in [9.17, 15) is 9.59 Å². The minimum Gasteiger partial charge on any atom is -0.299 e. The molecule has 0 aromatic rings. The van der Waals surface area contributed by atoms with Crippen LogP contribution in [-0.2, 0) is 9.59 Å². The predicted octanol–water partition coefficient (Wildman–Crippen LogP) is 3.40. The zero-order valence-corrected chi connectivity index (χ0v) is 11.5. The Labute approximate surface area is 99.8 Å². The lowest BCUT2D eigenvalue weighted by atomic mass is 9.80. The molecule has 0 saturated heterocycles. The third kappa shape index (κ3) is 5.43. The predicted molar refractivity (Wildman–Crippen MR) is 66.9 cm³/mol. The lowest BCUT2D eigenvalue weighted by Gasteiger charge is -2.23. The van der Waals surface area contributed by atoms with Crippen LogP contribution in [0, 0.1) is 23.2 Å². The molecule has 2 unspecified atom stereocenters. The number of hydrogen-bond acceptors (Lipinski definition) is 2. The van der Waals surface area contributed by atoms with Gasteiger partial charge in [0.1, 0.15) is 5.78 Å². The largest absolute Gasteiger partial charge is 0.299 e. The fourth-order valence-corrected chi connectivity index (χ4v) is 1.50. The Balaban J connectivity index is 4.38. The third-order valence-electron chi connectivity index (χ3n) is 3.17. The molecule has 0 amide bonds. The zero-order chi connectivity index (χ0) is 12.9. The van der Waals surface area contributed by atoms with E-state index in [0.29, 0.717) is 12.3 Å². The van der Waals surface area contributed by atoms with Gasteiger partial charge in [0, 0.05) is 6.42 Å². The maximum absolute atomic E-state index is 11.9. The number of ketones is 1. The first kappa shape index (κ1) is 15.3. The maximum Gasteiger partial charge on any atom is 0.209 e. The topological polar surface area (TPSA) is 34.1 Å². The van der Waals surface area contributed by atoms with E-state index < -0.39 is 5.92 Å². The molecule has 0 heterocycles. The van der Waals surface area contributed by atoms with E-state index >= 15 is 0 Å². The van der Waals surface area contributed by atoms with Gasteiger partial charge < -0.3 is 0 Å². The highest BCUT2D eigenvalue weighted by molar-refractivity contribution is 5.93. The van der Waals surface area contributed by atoms with E-state index in [-0.39, 0.29) is 17.1 Å². The van der Waals surface area contributed by atoms with Crippen molar-refractivity contribution >= 4 is 12.1 Å². The summed E-state index contributed by atoms with van der Waals surface area (Å²) in [5, 5.41) is 0. The van der Waals surface area contributed by atoms with Crippen molar-refractivity contribution in [1.82, 2.24) is 0 Å². The molecule has 0 rings (SSSR count). The molecule has 2 atom stereocenters. The van der Waals surface area contributed by atoms with Crippen LogP contribution in [0.4, 0.5) is 0 Å². The second kappa shape index (κ2) is 6.17. The van der Waals surface area contributed by atoms with Gasteiger partial charge in [0.15, 0.2) is 0 Å². The van der Waals surface area contributed by atoms with Gasteiger partial charge in [-0.1, -0.05) is 41.5 Å². The van der Waals surface area contributed by atoms with Gasteiger partial charge >= 0.3 is 0 Å². The van der Waals surface area contributed by atoms with Crippen LogP contribution in [-0.4, -0.2) is 12.1 Å². The van der Waals surface area contributed by atoms with Crippen molar-refractivity contribution in [1.29, 1.82) is 0 Å². The summed E-state index contributed by atoms with van der Waals surface area (Å²) in [6, 6.07) is 0. The van der Waals surface area contributed by atoms with Crippen molar-refractivity contribution in [3.8, 4) is 0 Å². The van der Waals surface area contributed by atoms with Crippen LogP contribution in [0.3, 0.4) is 0 Å². The summed E-state index contributed by atoms with van der Waals surface area (Å²) in [6.07, 6.45) is 3.23. The third-order valence-corrected chi connectivity index (χ3v) is 3.17. The van der Waals surface area contributed by atoms with Crippen molar-refractivity contribution in [2.24, 2.45) is 23.2 Å². The molecular weight excluding hydrogens is 200 g/mol. The van der Waals surface area contributed by atoms with Crippen molar-refractivity contribution in [3.05, 3.63) is 0 Å². The summed E-state index contributed by atoms with van der Waals surface area (Å²) < 4.78 is 0. The van der Waals surface area contributed by atoms with E-state index in [0.717, 1.165) is 6.42 Å². The van der Waals surface area contributed by atoms with Crippen molar-refractivity contribution in [2.45, 2.75) is 54.4 Å². The molecule has 1 radical (unpaired) electrons. The Morgan fingerprint density at radius 2 is 1.69 bits per heavy atom. The number of Topliss-reactive ketones (excluding diaryl/α,β-unsaturated/α-hetero) is 1. The maximum atomic E-state index is 11.9. The Morgan fingerprint density at radius 3 is 2.00 bits per heavy atom. The van der Waals surface area contributed by atoms with E-state index in [2.05, 4.69) is 20.8 Å². The van der Waals surface area contributed by atoms with Gasteiger partial charge in [-0.05, 0) is 23.7 Å². The van der Waals surface area contributed by atoms with Crippen LogP contribution >= 0.6 is 0 Å². The summed E-state index contributed by atoms with van der Waals surface area (Å²) in [5.41, 5.74) is 0.143. The van der Waals surface area contributed by atoms with E-state index in [4.69, 9.17) is 0 Å². The highest BCUT2D eigenvalue weighted by Crippen LogP contribution is 2.25. The molecule has 0 spiro atoms. The molecule has 0 aliphatic heterocycles. The van der Waals surface area contributed by atoms with Crippen molar-refractivity contribution < 1.29 is 9.59 Å². The summed E-state index contributed by atoms with van der Waals surface area (Å²) in [5.74, 6) is -0.0662. The fraction of sp³-hybridized carbons (Fsp3) is 0.857. The van der Waals surface area contributed by atoms with Crippen LogP contribution in [0.15, 0.2) is 0 Å². The summed E-state index contributed by atoms with van der Waals surface area (Å²) in [4.78, 5) is 22.8. The Hall–Kier alpha value is -0.660. The number of rotatable bonds is 6. The van der Waals surface area contributed by atoms with Gasteiger partial charge in [-0.2, -0.15) is 0 Å². The molecule has 93 valence electrons. The molecule has 0 aromatic carbocycles. The normalized spacial score (nSPS) is 15.9. The summed E-state index contributed by atoms with van der Waals surface area (Å²) in [7, 11) is 0. The van der Waals surface area contributed by atoms with Gasteiger partial charge in [0.2, 0.25) is 6.29 Å². The molecule has 0 bridgehead atoms. The Kier molecular flexibility index (Phi) is 5.91. The van der Waals surface area contributed by atoms with E-state index in [1.165, 1.54) is 0 Å². The fourth-order valence-electron chi connectivity index (χ4n) is 1.50. The Morgan fingerprint density at radius 1 is 1.19 bits per heavy atom. The van der Waals surface area contributed by atoms with Gasteiger partial charge in [-0.3, -0.25) is 9.59 Å². The lowest BCUT2D eigenvalue weighted by molar-refractivity contribution is -0.123. The molecule has 0 saturated carbocycles. The highest BCUT2D eigenvalue weighted by atomic mass is 16.1. The molecule has 2 nitrogen and oxygen atoms in total. The van der Waals surface area contributed by atoms with Crippen LogP contribution in [0.5, 0.6) is 0 Å². The van der Waals surface area contributed by atoms with Crippen molar-refractivity contribution in [2.75, 3.05) is 0 Å². The van der Waals surface area contributed by atoms with Gasteiger partial charge in [0.25, 0.3) is 0 Å². The van der Waals surface area contributed by atoms with Crippen LogP contribution in [0.25, 0.3) is 0 Å². The first-order valence-corrected chi connectivity index (χ1v) is 6.09. The van der Waals surface area contributed by atoms with Gasteiger partial charge in [0.05, 0.1) is 5.92 Å². The van der Waals surface area contributed by atoms with Gasteiger partial charge in [-0.25, -0.2) is 0 Å². The first-order valence-electron chi connectivity index (χ1n) is 6.09. The number of hydrogen-bond donors (Lipinski definition) is 0. The van der Waals surface area contributed by atoms with E-state index in [1.54, 1.807) is 0 Å². The SMILES string of the molecule is CC(C)C(C)C([C]=O)C(=O)CCC(C)(C)C. The second-order valence-corrected chi connectivity index (χ2v) is 6.23. The summed E-state index contributed by atoms with van der Waals surface area (Å²) in [6.45, 7) is 12.3. The minimum absolute atomic E-state index is 0.0473. The van der Waals surface area contributed by atoms with Gasteiger partial charge in [-0.15, -0.1) is 0 Å². The summed E-state index contributed by atoms with van der Waals surface area (Å²) >= 11 is 0. The second-order valence-electron chi connectivity index (χ2n) is 6.23. The quantitative estimate of drug-likeness (QED) is 0.649. The zero-order valence-electron chi connectivity index (χ0n) is 11.5. The molecule has 16 heavy (non-hydrogen) atoms. The highest BCUT2D eigenvalue weighted by Gasteiger charge is 2.28. The monoisotopic (exact) mass is 225 g/mol. The molecule has 0 N–H and O–H groups in total. The molecule has 0 fully saturated rings. The number of carbonyl (C=O) groups is 1. The van der Waals surface area contributed by atoms with Crippen molar-refractivity contribution in [3.63, 3.8) is 0 Å². The standard InChI is InChI=1S/C14H25O2/c1-10(2)11(3)12(9-15)13(16)7-8-14(4,5)6/h10-12H,7-8H2,1-6H3. The molecular formula is C14H25O2. The molecule has 0 aliphatic carbocycles. The van der Waals surface area contributed by atoms with Crippen LogP contribution < -0.4 is 0 Å². The molecule has 0 aromatic heterocycles. The first-order chi connectivity index (χ1) is 7.19. The average molecular weight is 225 g/mol. The lowest BCUT2D eigenvalue weighted by Crippen LogP contribution is -2.27. The number of carbonyl (C=O) groups excluding carboxylic acids is 2. The minimum atomic E-state index is -0.539. The molecule has 0 aliphatic rings. The van der Waals surface area contributed by atoms with Crippen LogP contribution in [0.2, 0.25) is 0 Å². The smallest absolute Gasteiger partial charge is 0.209 e.